The Labute approximate surface area is 181 Å². The van der Waals surface area contributed by atoms with Crippen LogP contribution in [-0.4, -0.2) is 52.3 Å². The minimum absolute atomic E-state index is 0.00420. The zero-order valence-electron chi connectivity index (χ0n) is 19.1. The van der Waals surface area contributed by atoms with Gasteiger partial charge >= 0.3 is 5.97 Å². The highest BCUT2D eigenvalue weighted by molar-refractivity contribution is 5.83. The maximum atomic E-state index is 12.4. The fourth-order valence-corrected chi connectivity index (χ4v) is 3.95. The number of carbonyl (C=O) groups excluding carboxylic acids is 1. The number of hydrogen-bond donors (Lipinski definition) is 0. The van der Waals surface area contributed by atoms with E-state index in [1.165, 1.54) is 6.42 Å². The molecule has 1 saturated carbocycles. The number of methoxy groups -OCH3 is 2. The monoisotopic (exact) mass is 419 g/mol. The second-order valence-electron chi connectivity index (χ2n) is 8.43. The third-order valence-electron chi connectivity index (χ3n) is 5.64. The first-order chi connectivity index (χ1) is 14.4. The van der Waals surface area contributed by atoms with Crippen LogP contribution in [0.15, 0.2) is 23.2 Å². The van der Waals surface area contributed by atoms with E-state index in [0.717, 1.165) is 24.8 Å². The maximum Gasteiger partial charge on any atom is 0.327 e. The quantitative estimate of drug-likeness (QED) is 0.299. The molecule has 6 nitrogen and oxygen atoms in total. The fraction of sp³-hybridized carbons (Fsp3) is 0.667. The van der Waals surface area contributed by atoms with Gasteiger partial charge in [0.2, 0.25) is 0 Å². The molecule has 1 aliphatic carbocycles. The summed E-state index contributed by atoms with van der Waals surface area (Å²) in [5, 5.41) is 0. The molecular weight excluding hydrogens is 382 g/mol. The number of hydrogen-bond acceptors (Lipinski definition) is 6. The molecule has 1 aromatic rings. The molecule has 168 valence electrons. The first-order valence-electron chi connectivity index (χ1n) is 10.9. The van der Waals surface area contributed by atoms with Crippen molar-refractivity contribution in [2.45, 2.75) is 52.6 Å². The van der Waals surface area contributed by atoms with Crippen molar-refractivity contribution in [3.05, 3.63) is 23.8 Å². The Kier molecular flexibility index (Phi) is 10.1. The number of carbonyl (C=O) groups is 1. The van der Waals surface area contributed by atoms with E-state index in [0.29, 0.717) is 42.5 Å². The van der Waals surface area contributed by atoms with E-state index >= 15 is 0 Å². The number of ether oxygens (including phenoxy) is 4. The summed E-state index contributed by atoms with van der Waals surface area (Å²) in [7, 11) is 3.28. The summed E-state index contributed by atoms with van der Waals surface area (Å²) in [5.41, 5.74) is 0.844. The first-order valence-corrected chi connectivity index (χ1v) is 10.9. The van der Waals surface area contributed by atoms with Crippen molar-refractivity contribution in [1.82, 2.24) is 0 Å². The Hall–Kier alpha value is -2.08. The van der Waals surface area contributed by atoms with Gasteiger partial charge < -0.3 is 18.9 Å². The SMILES string of the molecule is COCCCOc1cc(/C=N/CC(=O)O[C@@H]2C[C@H](C)CC[C@H]2C(C)C)ccc1OC. The molecule has 1 aromatic carbocycles. The van der Waals surface area contributed by atoms with Crippen LogP contribution in [0.1, 0.15) is 52.0 Å². The topological polar surface area (TPSA) is 66.4 Å². The highest BCUT2D eigenvalue weighted by atomic mass is 16.5. The first kappa shape index (κ1) is 24.2. The third kappa shape index (κ3) is 7.63. The van der Waals surface area contributed by atoms with Gasteiger partial charge in [0.25, 0.3) is 0 Å². The fourth-order valence-electron chi connectivity index (χ4n) is 3.95. The second-order valence-corrected chi connectivity index (χ2v) is 8.43. The summed E-state index contributed by atoms with van der Waals surface area (Å²) < 4.78 is 22.0. The number of rotatable bonds is 11. The number of esters is 1. The molecule has 6 heteroatoms. The van der Waals surface area contributed by atoms with Crippen LogP contribution in [0.4, 0.5) is 0 Å². The largest absolute Gasteiger partial charge is 0.493 e. The Morgan fingerprint density at radius 3 is 2.70 bits per heavy atom. The minimum atomic E-state index is -0.263. The van der Waals surface area contributed by atoms with Crippen molar-refractivity contribution in [3.8, 4) is 11.5 Å². The van der Waals surface area contributed by atoms with Gasteiger partial charge in [-0.2, -0.15) is 0 Å². The smallest absolute Gasteiger partial charge is 0.327 e. The Morgan fingerprint density at radius 2 is 2.00 bits per heavy atom. The average molecular weight is 420 g/mol. The Morgan fingerprint density at radius 1 is 1.20 bits per heavy atom. The number of benzene rings is 1. The van der Waals surface area contributed by atoms with Gasteiger partial charge in [0.15, 0.2) is 11.5 Å². The summed E-state index contributed by atoms with van der Waals surface area (Å²) in [4.78, 5) is 16.6. The van der Waals surface area contributed by atoms with Gasteiger partial charge in [-0.05, 0) is 54.4 Å². The zero-order valence-corrected chi connectivity index (χ0v) is 19.1. The zero-order chi connectivity index (χ0) is 21.9. The summed E-state index contributed by atoms with van der Waals surface area (Å²) in [6.45, 7) is 7.84. The molecule has 0 radical (unpaired) electrons. The van der Waals surface area contributed by atoms with Crippen LogP contribution in [0.2, 0.25) is 0 Å². The van der Waals surface area contributed by atoms with Gasteiger partial charge in [-0.3, -0.25) is 9.79 Å². The van der Waals surface area contributed by atoms with E-state index in [4.69, 9.17) is 18.9 Å². The van der Waals surface area contributed by atoms with Crippen molar-refractivity contribution in [1.29, 1.82) is 0 Å². The Balaban J connectivity index is 1.91. The van der Waals surface area contributed by atoms with Gasteiger partial charge in [-0.1, -0.05) is 27.2 Å². The standard InChI is InChI=1S/C24H37NO5/c1-17(2)20-9-7-18(3)13-22(20)30-24(26)16-25-15-19-8-10-21(28-5)23(14-19)29-12-6-11-27-4/h8,10,14-15,17-18,20,22H,6-7,9,11-13,16H2,1-5H3/b25-15+/t18-,20+,22-/m1/s1. The predicted molar refractivity (Wildman–Crippen MR) is 119 cm³/mol. The maximum absolute atomic E-state index is 12.4. The summed E-state index contributed by atoms with van der Waals surface area (Å²) >= 11 is 0. The molecule has 0 spiro atoms. The van der Waals surface area contributed by atoms with E-state index < -0.39 is 0 Å². The normalized spacial score (nSPS) is 21.7. The van der Waals surface area contributed by atoms with E-state index in [2.05, 4.69) is 25.8 Å². The molecule has 0 unspecified atom stereocenters. The van der Waals surface area contributed by atoms with Crippen molar-refractivity contribution in [2.75, 3.05) is 34.0 Å². The highest BCUT2D eigenvalue weighted by Gasteiger charge is 2.33. The van der Waals surface area contributed by atoms with Crippen LogP contribution < -0.4 is 9.47 Å². The molecule has 1 fully saturated rings. The molecular formula is C24H37NO5. The van der Waals surface area contributed by atoms with Gasteiger partial charge in [-0.15, -0.1) is 0 Å². The molecule has 1 aliphatic rings. The average Bonchev–Trinajstić information content (AvgIpc) is 2.71. The highest BCUT2D eigenvalue weighted by Crippen LogP contribution is 2.35. The van der Waals surface area contributed by atoms with E-state index in [1.54, 1.807) is 20.4 Å². The predicted octanol–water partition coefficient (Wildman–Crippen LogP) is 4.53. The summed E-state index contributed by atoms with van der Waals surface area (Å²) in [5.74, 6) is 2.60. The lowest BCUT2D eigenvalue weighted by Gasteiger charge is -2.36. The van der Waals surface area contributed by atoms with E-state index in [9.17, 15) is 4.79 Å². The van der Waals surface area contributed by atoms with Crippen LogP contribution in [0, 0.1) is 17.8 Å². The van der Waals surface area contributed by atoms with Crippen LogP contribution >= 0.6 is 0 Å². The molecule has 0 aromatic heterocycles. The molecule has 30 heavy (non-hydrogen) atoms. The molecule has 0 saturated heterocycles. The lowest BCUT2D eigenvalue weighted by atomic mass is 9.75. The third-order valence-corrected chi connectivity index (χ3v) is 5.64. The second kappa shape index (κ2) is 12.6. The lowest BCUT2D eigenvalue weighted by molar-refractivity contribution is -0.154. The molecule has 2 rings (SSSR count). The van der Waals surface area contributed by atoms with Gasteiger partial charge in [0, 0.05) is 26.4 Å². The van der Waals surface area contributed by atoms with Crippen LogP contribution in [-0.2, 0) is 14.3 Å². The van der Waals surface area contributed by atoms with Crippen molar-refractivity contribution >= 4 is 12.2 Å². The Bertz CT molecular complexity index is 688. The molecule has 0 heterocycles. The van der Waals surface area contributed by atoms with Crippen LogP contribution in [0.3, 0.4) is 0 Å². The van der Waals surface area contributed by atoms with Gasteiger partial charge in [0.1, 0.15) is 12.6 Å². The molecule has 3 atom stereocenters. The lowest BCUT2D eigenvalue weighted by Crippen LogP contribution is -2.36. The number of nitrogens with zero attached hydrogens (tertiary/aromatic N) is 1. The van der Waals surface area contributed by atoms with E-state index in [-0.39, 0.29) is 18.6 Å². The summed E-state index contributed by atoms with van der Waals surface area (Å²) in [6.07, 6.45) is 5.75. The van der Waals surface area contributed by atoms with Crippen molar-refractivity contribution < 1.29 is 23.7 Å². The van der Waals surface area contributed by atoms with Gasteiger partial charge in [-0.25, -0.2) is 0 Å². The minimum Gasteiger partial charge on any atom is -0.493 e. The molecule has 0 aliphatic heterocycles. The van der Waals surface area contributed by atoms with Crippen LogP contribution in [0.5, 0.6) is 11.5 Å². The number of aliphatic imine (C=N–C) groups is 1. The molecule has 0 bridgehead atoms. The molecule has 0 amide bonds. The summed E-state index contributed by atoms with van der Waals surface area (Å²) in [6, 6.07) is 5.58. The van der Waals surface area contributed by atoms with Crippen molar-refractivity contribution in [2.24, 2.45) is 22.7 Å². The van der Waals surface area contributed by atoms with Gasteiger partial charge in [0.05, 0.1) is 13.7 Å². The van der Waals surface area contributed by atoms with E-state index in [1.807, 2.05) is 18.2 Å². The molecule has 0 N–H and O–H groups in total. The van der Waals surface area contributed by atoms with Crippen LogP contribution in [0.25, 0.3) is 0 Å². The van der Waals surface area contributed by atoms with Crippen molar-refractivity contribution in [3.63, 3.8) is 0 Å².